The highest BCUT2D eigenvalue weighted by molar-refractivity contribution is 6.01. The van der Waals surface area contributed by atoms with Gasteiger partial charge in [-0.05, 0) is 47.6 Å². The third kappa shape index (κ3) is 3.08. The van der Waals surface area contributed by atoms with Crippen LogP contribution in [0.5, 0.6) is 0 Å². The molecule has 0 amide bonds. The third-order valence-corrected chi connectivity index (χ3v) is 5.38. The fraction of sp³-hybridized carbons (Fsp3) is 0.231. The van der Waals surface area contributed by atoms with Gasteiger partial charge in [-0.1, -0.05) is 81.4 Å². The number of fused-ring (bicyclic) bond motifs is 1. The lowest BCUT2D eigenvalue weighted by Crippen LogP contribution is -2.10. The topological polar surface area (TPSA) is 13.1 Å². The van der Waals surface area contributed by atoms with Gasteiger partial charge in [0, 0.05) is 16.5 Å². The van der Waals surface area contributed by atoms with E-state index >= 15 is 0 Å². The second-order valence-electron chi connectivity index (χ2n) is 8.38. The molecular formula is C26H26O. The van der Waals surface area contributed by atoms with Crippen molar-refractivity contribution in [2.75, 3.05) is 0 Å². The SMILES string of the molecule is Cc1ccc2oc(-c3ccccc3)c(C)c2c1-c1ccc(C(C)(C)C)cc1. The summed E-state index contributed by atoms with van der Waals surface area (Å²) in [6.07, 6.45) is 0. The monoisotopic (exact) mass is 354 g/mol. The van der Waals surface area contributed by atoms with E-state index in [9.17, 15) is 0 Å². The third-order valence-electron chi connectivity index (χ3n) is 5.38. The minimum absolute atomic E-state index is 0.158. The van der Waals surface area contributed by atoms with E-state index in [2.05, 4.69) is 95.3 Å². The summed E-state index contributed by atoms with van der Waals surface area (Å²) in [5.41, 5.74) is 8.58. The molecule has 0 saturated carbocycles. The van der Waals surface area contributed by atoms with E-state index in [1.807, 2.05) is 6.07 Å². The van der Waals surface area contributed by atoms with Crippen molar-refractivity contribution in [3.63, 3.8) is 0 Å². The van der Waals surface area contributed by atoms with E-state index in [0.29, 0.717) is 0 Å². The Morgan fingerprint density at radius 1 is 0.704 bits per heavy atom. The summed E-state index contributed by atoms with van der Waals surface area (Å²) in [5, 5.41) is 1.22. The first-order valence-corrected chi connectivity index (χ1v) is 9.55. The Morgan fingerprint density at radius 3 is 2.00 bits per heavy atom. The van der Waals surface area contributed by atoms with Crippen molar-refractivity contribution in [3.8, 4) is 22.5 Å². The summed E-state index contributed by atoms with van der Waals surface area (Å²) in [6.45, 7) is 11.1. The molecular weight excluding hydrogens is 328 g/mol. The molecule has 1 aromatic heterocycles. The lowest BCUT2D eigenvalue weighted by atomic mass is 9.85. The molecule has 0 bridgehead atoms. The standard InChI is InChI=1S/C26H26O/c1-17-11-16-22-24(18(2)25(27-22)20-9-7-6-8-10-20)23(17)19-12-14-21(15-13-19)26(3,4)5/h6-16H,1-5H3. The quantitative estimate of drug-likeness (QED) is 0.360. The Labute approximate surface area is 161 Å². The molecule has 0 atom stereocenters. The van der Waals surface area contributed by atoms with Gasteiger partial charge in [-0.3, -0.25) is 0 Å². The minimum atomic E-state index is 0.158. The molecule has 1 nitrogen and oxygen atoms in total. The average molecular weight is 354 g/mol. The molecule has 0 unspecified atom stereocenters. The lowest BCUT2D eigenvalue weighted by Gasteiger charge is -2.19. The molecule has 0 spiro atoms. The van der Waals surface area contributed by atoms with Crippen LogP contribution in [0, 0.1) is 13.8 Å². The molecule has 136 valence electrons. The van der Waals surface area contributed by atoms with Gasteiger partial charge >= 0.3 is 0 Å². The van der Waals surface area contributed by atoms with Crippen LogP contribution in [0.2, 0.25) is 0 Å². The molecule has 0 fully saturated rings. The van der Waals surface area contributed by atoms with E-state index in [1.54, 1.807) is 0 Å². The fourth-order valence-electron chi connectivity index (χ4n) is 3.82. The van der Waals surface area contributed by atoms with Crippen molar-refractivity contribution < 1.29 is 4.42 Å². The van der Waals surface area contributed by atoms with Crippen molar-refractivity contribution in [1.82, 2.24) is 0 Å². The summed E-state index contributed by atoms with van der Waals surface area (Å²) in [5.74, 6) is 0.962. The van der Waals surface area contributed by atoms with Crippen LogP contribution in [0.4, 0.5) is 0 Å². The predicted molar refractivity (Wildman–Crippen MR) is 115 cm³/mol. The number of rotatable bonds is 2. The highest BCUT2D eigenvalue weighted by Gasteiger charge is 2.19. The van der Waals surface area contributed by atoms with Crippen molar-refractivity contribution in [2.24, 2.45) is 0 Å². The van der Waals surface area contributed by atoms with E-state index in [4.69, 9.17) is 4.42 Å². The molecule has 0 saturated heterocycles. The summed E-state index contributed by atoms with van der Waals surface area (Å²) < 4.78 is 6.28. The van der Waals surface area contributed by atoms with E-state index in [0.717, 1.165) is 16.9 Å². The number of aryl methyl sites for hydroxylation is 2. The van der Waals surface area contributed by atoms with Gasteiger partial charge in [0.1, 0.15) is 11.3 Å². The maximum absolute atomic E-state index is 6.28. The highest BCUT2D eigenvalue weighted by atomic mass is 16.3. The summed E-state index contributed by atoms with van der Waals surface area (Å²) in [7, 11) is 0. The fourth-order valence-corrected chi connectivity index (χ4v) is 3.82. The van der Waals surface area contributed by atoms with Gasteiger partial charge in [0.25, 0.3) is 0 Å². The molecule has 4 rings (SSSR count). The number of hydrogen-bond acceptors (Lipinski definition) is 1. The normalized spacial score (nSPS) is 11.9. The molecule has 3 aromatic carbocycles. The van der Waals surface area contributed by atoms with Crippen LogP contribution in [-0.2, 0) is 5.41 Å². The van der Waals surface area contributed by atoms with Gasteiger partial charge < -0.3 is 4.42 Å². The Bertz CT molecular complexity index is 1090. The van der Waals surface area contributed by atoms with E-state index < -0.39 is 0 Å². The van der Waals surface area contributed by atoms with Crippen LogP contribution < -0.4 is 0 Å². The highest BCUT2D eigenvalue weighted by Crippen LogP contribution is 2.40. The summed E-state index contributed by atoms with van der Waals surface area (Å²) in [4.78, 5) is 0. The molecule has 4 aromatic rings. The predicted octanol–water partition coefficient (Wildman–Crippen LogP) is 7.68. The van der Waals surface area contributed by atoms with Gasteiger partial charge in [0.2, 0.25) is 0 Å². The van der Waals surface area contributed by atoms with Crippen LogP contribution in [0.15, 0.2) is 71.1 Å². The first kappa shape index (κ1) is 17.6. The Morgan fingerprint density at radius 2 is 1.37 bits per heavy atom. The molecule has 0 aliphatic heterocycles. The molecule has 1 heteroatoms. The molecule has 0 radical (unpaired) electrons. The summed E-state index contributed by atoms with van der Waals surface area (Å²) in [6, 6.07) is 23.6. The van der Waals surface area contributed by atoms with Crippen LogP contribution in [0.1, 0.15) is 37.5 Å². The van der Waals surface area contributed by atoms with Gasteiger partial charge in [-0.15, -0.1) is 0 Å². The van der Waals surface area contributed by atoms with E-state index in [1.165, 1.54) is 33.2 Å². The molecule has 0 aliphatic rings. The van der Waals surface area contributed by atoms with Gasteiger partial charge in [0.15, 0.2) is 0 Å². The number of furan rings is 1. The van der Waals surface area contributed by atoms with Crippen molar-refractivity contribution >= 4 is 11.0 Å². The van der Waals surface area contributed by atoms with Crippen LogP contribution >= 0.6 is 0 Å². The van der Waals surface area contributed by atoms with Gasteiger partial charge in [-0.25, -0.2) is 0 Å². The Kier molecular flexibility index (Phi) is 4.19. The second-order valence-corrected chi connectivity index (χ2v) is 8.38. The zero-order valence-electron chi connectivity index (χ0n) is 16.8. The molecule has 0 aliphatic carbocycles. The first-order chi connectivity index (χ1) is 12.9. The zero-order valence-corrected chi connectivity index (χ0v) is 16.8. The van der Waals surface area contributed by atoms with Crippen molar-refractivity contribution in [1.29, 1.82) is 0 Å². The van der Waals surface area contributed by atoms with Crippen molar-refractivity contribution in [2.45, 2.75) is 40.0 Å². The van der Waals surface area contributed by atoms with E-state index in [-0.39, 0.29) is 5.41 Å². The summed E-state index contributed by atoms with van der Waals surface area (Å²) >= 11 is 0. The maximum Gasteiger partial charge on any atom is 0.138 e. The molecule has 1 heterocycles. The Hall–Kier alpha value is -2.80. The zero-order chi connectivity index (χ0) is 19.2. The first-order valence-electron chi connectivity index (χ1n) is 9.55. The molecule has 27 heavy (non-hydrogen) atoms. The van der Waals surface area contributed by atoms with Crippen LogP contribution in [0.25, 0.3) is 33.4 Å². The smallest absolute Gasteiger partial charge is 0.138 e. The average Bonchev–Trinajstić information content (AvgIpc) is 2.99. The minimum Gasteiger partial charge on any atom is -0.456 e. The maximum atomic E-state index is 6.28. The van der Waals surface area contributed by atoms with Crippen LogP contribution in [0.3, 0.4) is 0 Å². The second kappa shape index (κ2) is 6.42. The van der Waals surface area contributed by atoms with Gasteiger partial charge in [-0.2, -0.15) is 0 Å². The van der Waals surface area contributed by atoms with Gasteiger partial charge in [0.05, 0.1) is 0 Å². The van der Waals surface area contributed by atoms with Crippen LogP contribution in [-0.4, -0.2) is 0 Å². The number of benzene rings is 3. The largest absolute Gasteiger partial charge is 0.456 e. The lowest BCUT2D eigenvalue weighted by molar-refractivity contribution is 0.590. The Balaban J connectivity index is 1.93. The molecule has 0 N–H and O–H groups in total. The van der Waals surface area contributed by atoms with Crippen molar-refractivity contribution in [3.05, 3.63) is 83.4 Å². The number of hydrogen-bond donors (Lipinski definition) is 0.